The van der Waals surface area contributed by atoms with Gasteiger partial charge in [0.25, 0.3) is 0 Å². The van der Waals surface area contributed by atoms with Crippen LogP contribution < -0.4 is 10.6 Å². The first-order chi connectivity index (χ1) is 12.1. The molecule has 144 valence electrons. The van der Waals surface area contributed by atoms with Crippen LogP contribution in [-0.2, 0) is 9.47 Å². The van der Waals surface area contributed by atoms with Gasteiger partial charge in [-0.2, -0.15) is 0 Å². The quantitative estimate of drug-likeness (QED) is 0.760. The molecule has 0 aliphatic heterocycles. The summed E-state index contributed by atoms with van der Waals surface area (Å²) < 4.78 is 9.61. The second-order valence-electron chi connectivity index (χ2n) is 7.59. The Morgan fingerprint density at radius 3 is 1.44 bits per heavy atom. The molecule has 0 aromatic heterocycles. The van der Waals surface area contributed by atoms with E-state index in [2.05, 4.69) is 10.6 Å². The number of amides is 2. The monoisotopic (exact) mass is 354 g/mol. The maximum atomic E-state index is 11.8. The molecule has 2 amide bonds. The van der Waals surface area contributed by atoms with Crippen molar-refractivity contribution >= 4 is 12.2 Å². The molecule has 0 aromatic rings. The predicted octanol–water partition coefficient (Wildman–Crippen LogP) is 3.85. The lowest BCUT2D eigenvalue weighted by atomic mass is 9.58. The van der Waals surface area contributed by atoms with E-state index in [0.29, 0.717) is 24.9 Å². The van der Waals surface area contributed by atoms with E-state index in [-0.39, 0.29) is 5.41 Å². The Morgan fingerprint density at radius 1 is 0.760 bits per heavy atom. The number of hydrogen-bond acceptors (Lipinski definition) is 4. The van der Waals surface area contributed by atoms with Gasteiger partial charge in [0.05, 0.1) is 14.2 Å². The fourth-order valence-corrected chi connectivity index (χ4v) is 4.95. The van der Waals surface area contributed by atoms with E-state index in [9.17, 15) is 9.59 Å². The van der Waals surface area contributed by atoms with Crippen LogP contribution in [-0.4, -0.2) is 39.5 Å². The molecule has 0 spiro atoms. The van der Waals surface area contributed by atoms with Crippen molar-refractivity contribution in [2.75, 3.05) is 27.3 Å². The van der Waals surface area contributed by atoms with Crippen LogP contribution in [0.3, 0.4) is 0 Å². The number of carbonyl (C=O) groups is 2. The molecular weight excluding hydrogens is 320 g/mol. The highest BCUT2D eigenvalue weighted by Crippen LogP contribution is 2.48. The van der Waals surface area contributed by atoms with Gasteiger partial charge in [-0.1, -0.05) is 38.5 Å². The van der Waals surface area contributed by atoms with Crippen molar-refractivity contribution in [1.29, 1.82) is 0 Å². The molecule has 0 saturated heterocycles. The zero-order chi connectivity index (χ0) is 18.1. The molecular formula is C19H34N2O4. The molecule has 2 aliphatic rings. The van der Waals surface area contributed by atoms with Gasteiger partial charge in [0.1, 0.15) is 0 Å². The van der Waals surface area contributed by atoms with Crippen LogP contribution in [0, 0.1) is 17.3 Å². The minimum atomic E-state index is -0.394. The minimum absolute atomic E-state index is 0.122. The number of ether oxygens (including phenoxy) is 2. The Kier molecular flexibility index (Phi) is 7.85. The molecule has 0 heterocycles. The van der Waals surface area contributed by atoms with Gasteiger partial charge >= 0.3 is 12.2 Å². The summed E-state index contributed by atoms with van der Waals surface area (Å²) in [5, 5.41) is 5.91. The molecule has 2 saturated carbocycles. The Bertz CT molecular complexity index is 389. The molecule has 2 aliphatic carbocycles. The van der Waals surface area contributed by atoms with Crippen LogP contribution in [0.2, 0.25) is 0 Å². The molecule has 0 atom stereocenters. The van der Waals surface area contributed by atoms with Gasteiger partial charge in [-0.3, -0.25) is 0 Å². The largest absolute Gasteiger partial charge is 0.453 e. The first-order valence-electron chi connectivity index (χ1n) is 9.76. The van der Waals surface area contributed by atoms with Gasteiger partial charge in [-0.05, 0) is 37.5 Å². The maximum Gasteiger partial charge on any atom is 0.406 e. The molecule has 2 rings (SSSR count). The van der Waals surface area contributed by atoms with Gasteiger partial charge < -0.3 is 20.1 Å². The lowest BCUT2D eigenvalue weighted by Crippen LogP contribution is -2.54. The fraction of sp³-hybridized carbons (Fsp3) is 0.895. The van der Waals surface area contributed by atoms with E-state index in [0.717, 1.165) is 0 Å². The lowest BCUT2D eigenvalue weighted by molar-refractivity contribution is 0.0221. The summed E-state index contributed by atoms with van der Waals surface area (Å²) >= 11 is 0. The smallest absolute Gasteiger partial charge is 0.406 e. The van der Waals surface area contributed by atoms with E-state index in [4.69, 9.17) is 9.47 Å². The highest BCUT2D eigenvalue weighted by atomic mass is 16.5. The van der Waals surface area contributed by atoms with Crippen molar-refractivity contribution in [3.8, 4) is 0 Å². The third-order valence-corrected chi connectivity index (χ3v) is 6.33. The molecule has 6 nitrogen and oxygen atoms in total. The summed E-state index contributed by atoms with van der Waals surface area (Å²) in [6, 6.07) is 0. The normalized spacial score (nSPS) is 19.9. The zero-order valence-corrected chi connectivity index (χ0v) is 15.8. The van der Waals surface area contributed by atoms with Crippen LogP contribution in [0.25, 0.3) is 0 Å². The van der Waals surface area contributed by atoms with Gasteiger partial charge in [0.2, 0.25) is 0 Å². The summed E-state index contributed by atoms with van der Waals surface area (Å²) in [5.74, 6) is 1.03. The third-order valence-electron chi connectivity index (χ3n) is 6.33. The summed E-state index contributed by atoms with van der Waals surface area (Å²) in [6.45, 7) is 1.11. The lowest BCUT2D eigenvalue weighted by Gasteiger charge is -2.49. The van der Waals surface area contributed by atoms with Crippen molar-refractivity contribution in [1.82, 2.24) is 10.6 Å². The average Bonchev–Trinajstić information content (AvgIpc) is 2.69. The molecule has 6 heteroatoms. The van der Waals surface area contributed by atoms with Gasteiger partial charge in [0, 0.05) is 18.5 Å². The number of methoxy groups -OCH3 is 2. The fourth-order valence-electron chi connectivity index (χ4n) is 4.95. The van der Waals surface area contributed by atoms with Crippen molar-refractivity contribution in [2.24, 2.45) is 17.3 Å². The second-order valence-corrected chi connectivity index (χ2v) is 7.59. The SMILES string of the molecule is COC(=O)NCC(CNC(=O)OC)(C1CCCCC1)C1CCCCC1. The maximum absolute atomic E-state index is 11.8. The molecule has 2 N–H and O–H groups in total. The number of carbonyl (C=O) groups excluding carboxylic acids is 2. The molecule has 0 radical (unpaired) electrons. The number of alkyl carbamates (subject to hydrolysis) is 2. The minimum Gasteiger partial charge on any atom is -0.453 e. The van der Waals surface area contributed by atoms with Crippen molar-refractivity contribution in [3.63, 3.8) is 0 Å². The molecule has 2 fully saturated rings. The molecule has 0 bridgehead atoms. The summed E-state index contributed by atoms with van der Waals surface area (Å²) in [6.07, 6.45) is 11.4. The first kappa shape index (κ1) is 19.9. The average molecular weight is 354 g/mol. The summed E-state index contributed by atoms with van der Waals surface area (Å²) in [4.78, 5) is 23.5. The Balaban J connectivity index is 2.23. The highest BCUT2D eigenvalue weighted by molar-refractivity contribution is 5.67. The van der Waals surface area contributed by atoms with E-state index in [1.54, 1.807) is 0 Å². The van der Waals surface area contributed by atoms with Crippen LogP contribution in [0.15, 0.2) is 0 Å². The van der Waals surface area contributed by atoms with Crippen LogP contribution in [0.5, 0.6) is 0 Å². The number of hydrogen-bond donors (Lipinski definition) is 2. The van der Waals surface area contributed by atoms with Gasteiger partial charge in [0.15, 0.2) is 0 Å². The van der Waals surface area contributed by atoms with Gasteiger partial charge in [-0.25, -0.2) is 9.59 Å². The summed E-state index contributed by atoms with van der Waals surface area (Å²) in [7, 11) is 2.79. The van der Waals surface area contributed by atoms with E-state index < -0.39 is 12.2 Å². The van der Waals surface area contributed by atoms with Crippen LogP contribution >= 0.6 is 0 Å². The van der Waals surface area contributed by atoms with E-state index >= 15 is 0 Å². The first-order valence-corrected chi connectivity index (χ1v) is 9.76. The summed E-state index contributed by atoms with van der Waals surface area (Å²) in [5.41, 5.74) is -0.122. The van der Waals surface area contributed by atoms with Crippen molar-refractivity contribution < 1.29 is 19.1 Å². The van der Waals surface area contributed by atoms with Crippen molar-refractivity contribution in [2.45, 2.75) is 64.2 Å². The Labute approximate surface area is 151 Å². The standard InChI is InChI=1S/C19H34N2O4/c1-24-17(22)20-13-19(14-21-18(23)25-2,15-9-5-3-6-10-15)16-11-7-4-8-12-16/h15-16H,3-14H2,1-2H3,(H,20,22)(H,21,23). The Hall–Kier alpha value is -1.46. The predicted molar refractivity (Wildman–Crippen MR) is 96.4 cm³/mol. The molecule has 25 heavy (non-hydrogen) atoms. The highest BCUT2D eigenvalue weighted by Gasteiger charge is 2.46. The number of rotatable bonds is 6. The van der Waals surface area contributed by atoms with E-state index in [1.165, 1.54) is 78.4 Å². The van der Waals surface area contributed by atoms with Crippen LogP contribution in [0.1, 0.15) is 64.2 Å². The van der Waals surface area contributed by atoms with Gasteiger partial charge in [-0.15, -0.1) is 0 Å². The van der Waals surface area contributed by atoms with E-state index in [1.807, 2.05) is 0 Å². The molecule has 0 unspecified atom stereocenters. The van der Waals surface area contributed by atoms with Crippen molar-refractivity contribution in [3.05, 3.63) is 0 Å². The molecule has 0 aromatic carbocycles. The second kappa shape index (κ2) is 9.88. The third kappa shape index (κ3) is 5.25. The Morgan fingerprint density at radius 2 is 1.12 bits per heavy atom. The topological polar surface area (TPSA) is 76.7 Å². The number of nitrogens with one attached hydrogen (secondary N) is 2. The van der Waals surface area contributed by atoms with Crippen LogP contribution in [0.4, 0.5) is 9.59 Å². The zero-order valence-electron chi connectivity index (χ0n) is 15.8.